The number of carbonyl (C=O) groups is 1. The highest BCUT2D eigenvalue weighted by molar-refractivity contribution is 7.89. The summed E-state index contributed by atoms with van der Waals surface area (Å²) in [6.45, 7) is 2.76. The fourth-order valence-corrected chi connectivity index (χ4v) is 5.69. The van der Waals surface area contributed by atoms with Crippen molar-refractivity contribution in [3.05, 3.63) is 69.8 Å². The zero-order chi connectivity index (χ0) is 22.0. The van der Waals surface area contributed by atoms with Gasteiger partial charge in [0.25, 0.3) is 5.56 Å². The van der Waals surface area contributed by atoms with Crippen LogP contribution in [0.1, 0.15) is 4.88 Å². The maximum absolute atomic E-state index is 12.8. The molecule has 0 saturated carbocycles. The van der Waals surface area contributed by atoms with Gasteiger partial charge in [-0.15, -0.1) is 11.3 Å². The van der Waals surface area contributed by atoms with Crippen molar-refractivity contribution in [3.8, 4) is 10.6 Å². The molecule has 3 aromatic rings. The van der Waals surface area contributed by atoms with Gasteiger partial charge in [0.05, 0.1) is 9.77 Å². The molecule has 31 heavy (non-hydrogen) atoms. The molecule has 0 bridgehead atoms. The zero-order valence-electron chi connectivity index (χ0n) is 17.0. The second-order valence-electron chi connectivity index (χ2n) is 7.22. The number of thiophene rings is 1. The lowest BCUT2D eigenvalue weighted by Gasteiger charge is -2.34. The van der Waals surface area contributed by atoms with Crippen molar-refractivity contribution < 1.29 is 13.2 Å². The Balaban J connectivity index is 1.42. The summed E-state index contributed by atoms with van der Waals surface area (Å²) in [4.78, 5) is 28.9. The quantitative estimate of drug-likeness (QED) is 0.582. The molecule has 4 rings (SSSR count). The van der Waals surface area contributed by atoms with Gasteiger partial charge in [0, 0.05) is 37.1 Å². The van der Waals surface area contributed by atoms with Crippen LogP contribution in [0.2, 0.25) is 0 Å². The number of piperazine rings is 1. The highest BCUT2D eigenvalue weighted by Gasteiger charge is 2.30. The molecular formula is C21H22N4O4S2. The summed E-state index contributed by atoms with van der Waals surface area (Å²) in [5.74, 6) is -0.258. The van der Waals surface area contributed by atoms with Gasteiger partial charge < -0.3 is 4.90 Å². The first-order valence-corrected chi connectivity index (χ1v) is 12.1. The molecule has 8 nitrogen and oxygen atoms in total. The third-order valence-electron chi connectivity index (χ3n) is 5.12. The van der Waals surface area contributed by atoms with Crippen molar-refractivity contribution in [2.45, 2.75) is 18.4 Å². The fourth-order valence-electron chi connectivity index (χ4n) is 3.41. The highest BCUT2D eigenvalue weighted by atomic mass is 32.2. The zero-order valence-corrected chi connectivity index (χ0v) is 18.6. The number of carbonyl (C=O) groups excluding carboxylic acids is 1. The van der Waals surface area contributed by atoms with Gasteiger partial charge in [-0.25, -0.2) is 13.1 Å². The number of hydrogen-bond donors (Lipinski definition) is 0. The SMILES string of the molecule is Cc1ccc(-c2ccc(=O)n(CC(=O)N3CCN(S(=O)(=O)c4ccccc4)CC3)n2)s1. The summed E-state index contributed by atoms with van der Waals surface area (Å²) < 4.78 is 28.0. The second kappa shape index (κ2) is 8.74. The molecule has 3 heterocycles. The molecule has 0 aliphatic carbocycles. The van der Waals surface area contributed by atoms with Crippen LogP contribution < -0.4 is 5.56 Å². The maximum Gasteiger partial charge on any atom is 0.267 e. The summed E-state index contributed by atoms with van der Waals surface area (Å²) in [6, 6.07) is 15.2. The van der Waals surface area contributed by atoms with Crippen LogP contribution in [0.15, 0.2) is 64.3 Å². The number of hydrogen-bond acceptors (Lipinski definition) is 6. The van der Waals surface area contributed by atoms with Crippen molar-refractivity contribution >= 4 is 27.3 Å². The van der Waals surface area contributed by atoms with Gasteiger partial charge in [0.2, 0.25) is 15.9 Å². The van der Waals surface area contributed by atoms with Crippen molar-refractivity contribution in [1.82, 2.24) is 19.0 Å². The van der Waals surface area contributed by atoms with Crippen molar-refractivity contribution in [1.29, 1.82) is 0 Å². The van der Waals surface area contributed by atoms with Crippen LogP contribution in [-0.2, 0) is 21.4 Å². The Morgan fingerprint density at radius 2 is 1.71 bits per heavy atom. The van der Waals surface area contributed by atoms with Gasteiger partial charge >= 0.3 is 0 Å². The van der Waals surface area contributed by atoms with Crippen LogP contribution in [-0.4, -0.2) is 59.5 Å². The monoisotopic (exact) mass is 458 g/mol. The second-order valence-corrected chi connectivity index (χ2v) is 10.4. The lowest BCUT2D eigenvalue weighted by Crippen LogP contribution is -2.51. The first kappa shape index (κ1) is 21.4. The van der Waals surface area contributed by atoms with E-state index >= 15 is 0 Å². The Bertz CT molecular complexity index is 1240. The Kier molecular flexibility index (Phi) is 6.03. The minimum absolute atomic E-state index is 0.178. The van der Waals surface area contributed by atoms with Crippen LogP contribution >= 0.6 is 11.3 Å². The number of aromatic nitrogens is 2. The normalized spacial score (nSPS) is 15.2. The Hall–Kier alpha value is -2.82. The third kappa shape index (κ3) is 4.60. The van der Waals surface area contributed by atoms with Gasteiger partial charge in [0.1, 0.15) is 12.2 Å². The van der Waals surface area contributed by atoms with Crippen molar-refractivity contribution in [2.75, 3.05) is 26.2 Å². The van der Waals surface area contributed by atoms with Crippen LogP contribution in [0.5, 0.6) is 0 Å². The van der Waals surface area contributed by atoms with Crippen LogP contribution in [0.25, 0.3) is 10.6 Å². The first-order valence-electron chi connectivity index (χ1n) is 9.82. The number of sulfonamides is 1. The van der Waals surface area contributed by atoms with Crippen LogP contribution in [0.3, 0.4) is 0 Å². The summed E-state index contributed by atoms with van der Waals surface area (Å²) in [5.41, 5.74) is 0.292. The molecule has 1 aromatic carbocycles. The molecule has 162 valence electrons. The number of amides is 1. The Morgan fingerprint density at radius 3 is 2.35 bits per heavy atom. The van der Waals surface area contributed by atoms with Crippen LogP contribution in [0, 0.1) is 6.92 Å². The molecular weight excluding hydrogens is 436 g/mol. The largest absolute Gasteiger partial charge is 0.338 e. The molecule has 0 N–H and O–H groups in total. The predicted octanol–water partition coefficient (Wildman–Crippen LogP) is 1.81. The van der Waals surface area contributed by atoms with E-state index in [2.05, 4.69) is 5.10 Å². The minimum atomic E-state index is -3.58. The average Bonchev–Trinajstić information content (AvgIpc) is 3.22. The molecule has 2 aromatic heterocycles. The van der Waals surface area contributed by atoms with Gasteiger partial charge in [-0.2, -0.15) is 9.40 Å². The number of aryl methyl sites for hydroxylation is 1. The number of nitrogens with zero attached hydrogens (tertiary/aromatic N) is 4. The molecule has 0 unspecified atom stereocenters. The van der Waals surface area contributed by atoms with Crippen molar-refractivity contribution in [3.63, 3.8) is 0 Å². The molecule has 1 saturated heterocycles. The minimum Gasteiger partial charge on any atom is -0.338 e. The summed E-state index contributed by atoms with van der Waals surface area (Å²) in [6.07, 6.45) is 0. The van der Waals surface area contributed by atoms with E-state index in [1.165, 1.54) is 15.1 Å². The van der Waals surface area contributed by atoms with E-state index in [1.807, 2.05) is 19.1 Å². The molecule has 10 heteroatoms. The number of rotatable bonds is 5. The molecule has 0 atom stereocenters. The summed E-state index contributed by atoms with van der Waals surface area (Å²) in [5, 5.41) is 4.35. The van der Waals surface area contributed by atoms with E-state index < -0.39 is 10.0 Å². The molecule has 1 aliphatic heterocycles. The van der Waals surface area contributed by atoms with E-state index in [4.69, 9.17) is 0 Å². The third-order valence-corrected chi connectivity index (χ3v) is 8.05. The van der Waals surface area contributed by atoms with E-state index in [0.29, 0.717) is 5.69 Å². The van der Waals surface area contributed by atoms with E-state index in [-0.39, 0.29) is 49.1 Å². The lowest BCUT2D eigenvalue weighted by atomic mass is 10.3. The van der Waals surface area contributed by atoms with Gasteiger partial charge in [-0.05, 0) is 37.3 Å². The molecule has 1 fully saturated rings. The summed E-state index contributed by atoms with van der Waals surface area (Å²) >= 11 is 1.57. The smallest absolute Gasteiger partial charge is 0.267 e. The van der Waals surface area contributed by atoms with Crippen molar-refractivity contribution in [2.24, 2.45) is 0 Å². The first-order chi connectivity index (χ1) is 14.8. The van der Waals surface area contributed by atoms with E-state index in [9.17, 15) is 18.0 Å². The summed E-state index contributed by atoms with van der Waals surface area (Å²) in [7, 11) is -3.58. The fraction of sp³-hybridized carbons (Fsp3) is 0.286. The number of benzene rings is 1. The molecule has 0 spiro atoms. The molecule has 0 radical (unpaired) electrons. The maximum atomic E-state index is 12.8. The molecule has 1 amide bonds. The topological polar surface area (TPSA) is 92.6 Å². The Morgan fingerprint density at radius 1 is 1.00 bits per heavy atom. The van der Waals surface area contributed by atoms with E-state index in [1.54, 1.807) is 52.6 Å². The van der Waals surface area contributed by atoms with Gasteiger partial charge in [-0.1, -0.05) is 18.2 Å². The standard InChI is InChI=1S/C21H22N4O4S2/c1-16-7-9-19(30-16)18-8-10-20(26)25(22-18)15-21(27)23-11-13-24(14-12-23)31(28,29)17-5-3-2-4-6-17/h2-10H,11-15H2,1H3. The Labute approximate surface area is 184 Å². The van der Waals surface area contributed by atoms with Crippen LogP contribution in [0.4, 0.5) is 0 Å². The highest BCUT2D eigenvalue weighted by Crippen LogP contribution is 2.25. The lowest BCUT2D eigenvalue weighted by molar-refractivity contribution is -0.133. The predicted molar refractivity (Wildman–Crippen MR) is 118 cm³/mol. The van der Waals surface area contributed by atoms with Gasteiger partial charge in [-0.3, -0.25) is 9.59 Å². The molecule has 1 aliphatic rings. The van der Waals surface area contributed by atoms with E-state index in [0.717, 1.165) is 9.75 Å². The average molecular weight is 459 g/mol. The van der Waals surface area contributed by atoms with Gasteiger partial charge in [0.15, 0.2) is 0 Å².